The van der Waals surface area contributed by atoms with Crippen molar-refractivity contribution in [3.05, 3.63) is 0 Å². The summed E-state index contributed by atoms with van der Waals surface area (Å²) in [7, 11) is 0. The molecular formula is C7H13FO. The van der Waals surface area contributed by atoms with Gasteiger partial charge in [0.05, 0.1) is 6.10 Å². The Morgan fingerprint density at radius 1 is 1.67 bits per heavy atom. The van der Waals surface area contributed by atoms with Crippen LogP contribution in [0.2, 0.25) is 0 Å². The van der Waals surface area contributed by atoms with Gasteiger partial charge in [-0.05, 0) is 13.3 Å². The zero-order valence-corrected chi connectivity index (χ0v) is 5.93. The molecule has 1 rings (SSSR count). The molecule has 0 spiro atoms. The third-order valence-electron chi connectivity index (χ3n) is 1.68. The van der Waals surface area contributed by atoms with E-state index in [1.807, 2.05) is 13.8 Å². The fourth-order valence-electron chi connectivity index (χ4n) is 1.02. The van der Waals surface area contributed by atoms with Gasteiger partial charge in [-0.25, -0.2) is 4.39 Å². The highest BCUT2D eigenvalue weighted by atomic mass is 19.1. The van der Waals surface area contributed by atoms with Gasteiger partial charge in [-0.1, -0.05) is 13.3 Å². The second-order valence-electron chi connectivity index (χ2n) is 2.61. The summed E-state index contributed by atoms with van der Waals surface area (Å²) < 4.78 is 17.7. The Kier molecular flexibility index (Phi) is 2.06. The minimum atomic E-state index is -0.718. The fourth-order valence-corrected chi connectivity index (χ4v) is 1.02. The van der Waals surface area contributed by atoms with Crippen LogP contribution in [0.15, 0.2) is 0 Å². The van der Waals surface area contributed by atoms with Crippen LogP contribution in [0, 0.1) is 0 Å². The molecule has 9 heavy (non-hydrogen) atoms. The molecule has 0 bridgehead atoms. The second-order valence-corrected chi connectivity index (χ2v) is 2.61. The minimum absolute atomic E-state index is 0.0788. The third-order valence-corrected chi connectivity index (χ3v) is 1.68. The molecule has 1 aliphatic rings. The summed E-state index contributed by atoms with van der Waals surface area (Å²) in [5, 5.41) is 0. The van der Waals surface area contributed by atoms with Crippen LogP contribution in [0.3, 0.4) is 0 Å². The lowest BCUT2D eigenvalue weighted by molar-refractivity contribution is 0.234. The molecular weight excluding hydrogens is 119 g/mol. The number of hydrogen-bond donors (Lipinski definition) is 0. The number of alkyl halides is 1. The Balaban J connectivity index is 2.11. The predicted molar refractivity (Wildman–Crippen MR) is 34.1 cm³/mol. The van der Waals surface area contributed by atoms with Crippen LogP contribution in [0.1, 0.15) is 26.7 Å². The van der Waals surface area contributed by atoms with Gasteiger partial charge in [0, 0.05) is 0 Å². The van der Waals surface area contributed by atoms with Crippen LogP contribution < -0.4 is 0 Å². The van der Waals surface area contributed by atoms with Gasteiger partial charge >= 0.3 is 0 Å². The Morgan fingerprint density at radius 3 is 2.56 bits per heavy atom. The number of halogens is 1. The molecule has 0 aromatic heterocycles. The summed E-state index contributed by atoms with van der Waals surface area (Å²) in [5.41, 5.74) is 0. The number of hydrogen-bond acceptors (Lipinski definition) is 1. The van der Waals surface area contributed by atoms with Crippen LogP contribution >= 0.6 is 0 Å². The first-order chi connectivity index (χ1) is 4.25. The van der Waals surface area contributed by atoms with Gasteiger partial charge in [-0.15, -0.1) is 0 Å². The summed E-state index contributed by atoms with van der Waals surface area (Å²) in [6.45, 7) is 3.90. The van der Waals surface area contributed by atoms with E-state index >= 15 is 0 Å². The molecule has 0 amide bonds. The lowest BCUT2D eigenvalue weighted by Crippen LogP contribution is -2.09. The van der Waals surface area contributed by atoms with Gasteiger partial charge in [0.15, 0.2) is 0 Å². The highest BCUT2D eigenvalue weighted by molar-refractivity contribution is 4.87. The SMILES string of the molecule is CCCC(F)C1OC1C. The van der Waals surface area contributed by atoms with E-state index in [0.717, 1.165) is 6.42 Å². The lowest BCUT2D eigenvalue weighted by atomic mass is 10.1. The van der Waals surface area contributed by atoms with Crippen molar-refractivity contribution in [1.82, 2.24) is 0 Å². The van der Waals surface area contributed by atoms with Gasteiger partial charge in [-0.2, -0.15) is 0 Å². The Hall–Kier alpha value is -0.110. The molecule has 0 aromatic carbocycles. The average molecular weight is 132 g/mol. The molecule has 2 heteroatoms. The predicted octanol–water partition coefficient (Wildman–Crippen LogP) is 1.91. The molecule has 1 aliphatic heterocycles. The fraction of sp³-hybridized carbons (Fsp3) is 1.00. The van der Waals surface area contributed by atoms with Crippen molar-refractivity contribution >= 4 is 0 Å². The van der Waals surface area contributed by atoms with E-state index < -0.39 is 6.17 Å². The van der Waals surface area contributed by atoms with Crippen LogP contribution in [0.25, 0.3) is 0 Å². The number of rotatable bonds is 3. The lowest BCUT2D eigenvalue weighted by Gasteiger charge is -1.99. The van der Waals surface area contributed by atoms with Crippen LogP contribution in [-0.4, -0.2) is 18.4 Å². The molecule has 3 atom stereocenters. The molecule has 1 heterocycles. The van der Waals surface area contributed by atoms with Crippen LogP contribution in [0.4, 0.5) is 4.39 Å². The van der Waals surface area contributed by atoms with Gasteiger partial charge in [0.25, 0.3) is 0 Å². The van der Waals surface area contributed by atoms with E-state index in [9.17, 15) is 4.39 Å². The average Bonchev–Trinajstić information content (AvgIpc) is 2.47. The highest BCUT2D eigenvalue weighted by Gasteiger charge is 2.40. The second kappa shape index (κ2) is 2.65. The van der Waals surface area contributed by atoms with Crippen molar-refractivity contribution in [2.75, 3.05) is 0 Å². The van der Waals surface area contributed by atoms with Crippen molar-refractivity contribution < 1.29 is 9.13 Å². The standard InChI is InChI=1S/C7H13FO/c1-3-4-6(8)7-5(2)9-7/h5-7H,3-4H2,1-2H3. The van der Waals surface area contributed by atoms with Crippen LogP contribution in [0.5, 0.6) is 0 Å². The maximum atomic E-state index is 12.7. The number of ether oxygens (including phenoxy) is 1. The smallest absolute Gasteiger partial charge is 0.129 e. The van der Waals surface area contributed by atoms with Crippen molar-refractivity contribution in [3.63, 3.8) is 0 Å². The Labute approximate surface area is 55.2 Å². The van der Waals surface area contributed by atoms with E-state index in [-0.39, 0.29) is 12.2 Å². The van der Waals surface area contributed by atoms with E-state index in [1.165, 1.54) is 0 Å². The van der Waals surface area contributed by atoms with Crippen LogP contribution in [-0.2, 0) is 4.74 Å². The largest absolute Gasteiger partial charge is 0.367 e. The zero-order valence-electron chi connectivity index (χ0n) is 5.93. The van der Waals surface area contributed by atoms with E-state index in [0.29, 0.717) is 6.42 Å². The van der Waals surface area contributed by atoms with E-state index in [2.05, 4.69) is 0 Å². The highest BCUT2D eigenvalue weighted by Crippen LogP contribution is 2.28. The normalized spacial score (nSPS) is 36.3. The first-order valence-corrected chi connectivity index (χ1v) is 3.55. The molecule has 0 aliphatic carbocycles. The molecule has 0 aromatic rings. The van der Waals surface area contributed by atoms with Crippen molar-refractivity contribution in [2.24, 2.45) is 0 Å². The topological polar surface area (TPSA) is 12.5 Å². The van der Waals surface area contributed by atoms with Crippen molar-refractivity contribution in [1.29, 1.82) is 0 Å². The molecule has 54 valence electrons. The first-order valence-electron chi connectivity index (χ1n) is 3.55. The van der Waals surface area contributed by atoms with E-state index in [1.54, 1.807) is 0 Å². The van der Waals surface area contributed by atoms with Crippen molar-refractivity contribution in [2.45, 2.75) is 45.1 Å². The first kappa shape index (κ1) is 7.00. The molecule has 0 N–H and O–H groups in total. The molecule has 1 saturated heterocycles. The molecule has 3 unspecified atom stereocenters. The third kappa shape index (κ3) is 1.65. The summed E-state index contributed by atoms with van der Waals surface area (Å²) in [6.07, 6.45) is 0.935. The molecule has 1 fully saturated rings. The zero-order chi connectivity index (χ0) is 6.85. The minimum Gasteiger partial charge on any atom is -0.367 e. The quantitative estimate of drug-likeness (QED) is 0.534. The monoisotopic (exact) mass is 132 g/mol. The molecule has 0 radical (unpaired) electrons. The van der Waals surface area contributed by atoms with Gasteiger partial charge < -0.3 is 4.74 Å². The van der Waals surface area contributed by atoms with Crippen molar-refractivity contribution in [3.8, 4) is 0 Å². The Bertz CT molecular complexity index is 94.9. The maximum Gasteiger partial charge on any atom is 0.129 e. The summed E-state index contributed by atoms with van der Waals surface area (Å²) in [4.78, 5) is 0. The van der Waals surface area contributed by atoms with Gasteiger partial charge in [-0.3, -0.25) is 0 Å². The van der Waals surface area contributed by atoms with Gasteiger partial charge in [0.1, 0.15) is 12.3 Å². The number of epoxide rings is 1. The summed E-state index contributed by atoms with van der Waals surface area (Å²) >= 11 is 0. The summed E-state index contributed by atoms with van der Waals surface area (Å²) in [5.74, 6) is 0. The van der Waals surface area contributed by atoms with E-state index in [4.69, 9.17) is 4.74 Å². The maximum absolute atomic E-state index is 12.7. The summed E-state index contributed by atoms with van der Waals surface area (Å²) in [6, 6.07) is 0. The van der Waals surface area contributed by atoms with Gasteiger partial charge in [0.2, 0.25) is 0 Å². The molecule has 1 nitrogen and oxygen atoms in total. The Morgan fingerprint density at radius 2 is 2.22 bits per heavy atom. The molecule has 0 saturated carbocycles.